The number of benzene rings is 3. The molecule has 0 amide bonds. The molecule has 0 atom stereocenters. The van der Waals surface area contributed by atoms with Gasteiger partial charge in [0.1, 0.15) is 12.0 Å². The predicted molar refractivity (Wildman–Crippen MR) is 106 cm³/mol. The van der Waals surface area contributed by atoms with Crippen LogP contribution in [0.2, 0.25) is 0 Å². The summed E-state index contributed by atoms with van der Waals surface area (Å²) in [6.45, 7) is 0. The summed E-state index contributed by atoms with van der Waals surface area (Å²) in [6, 6.07) is 25.0. The molecule has 0 N–H and O–H groups in total. The topological polar surface area (TPSA) is 43.4 Å². The predicted octanol–water partition coefficient (Wildman–Crippen LogP) is 5.15. The van der Waals surface area contributed by atoms with Crippen LogP contribution in [0.3, 0.4) is 0 Å². The molecule has 1 aliphatic heterocycles. The van der Waals surface area contributed by atoms with Gasteiger partial charge in [0.05, 0.1) is 5.57 Å². The van der Waals surface area contributed by atoms with Crippen molar-refractivity contribution < 1.29 is 14.3 Å². The van der Waals surface area contributed by atoms with Gasteiger partial charge in [-0.15, -0.1) is 0 Å². The maximum Gasteiger partial charge on any atom is 0.343 e. The number of cyclic esters (lactones) is 1. The Morgan fingerprint density at radius 3 is 1.93 bits per heavy atom. The first-order chi connectivity index (χ1) is 13.2. The molecule has 0 aliphatic carbocycles. The fourth-order valence-corrected chi connectivity index (χ4v) is 2.94. The van der Waals surface area contributed by atoms with Gasteiger partial charge < -0.3 is 4.74 Å². The molecule has 130 valence electrons. The van der Waals surface area contributed by atoms with Gasteiger partial charge in [0.2, 0.25) is 0 Å². The summed E-state index contributed by atoms with van der Waals surface area (Å²) in [5, 5.41) is 0. The average molecular weight is 352 g/mol. The average Bonchev–Trinajstić information content (AvgIpc) is 3.10. The zero-order valence-electron chi connectivity index (χ0n) is 14.5. The van der Waals surface area contributed by atoms with E-state index in [-0.39, 0.29) is 5.97 Å². The minimum atomic E-state index is -0.378. The lowest BCUT2D eigenvalue weighted by Gasteiger charge is -2.04. The van der Waals surface area contributed by atoms with Crippen molar-refractivity contribution in [3.05, 3.63) is 107 Å². The number of hydrogen-bond acceptors (Lipinski definition) is 3. The lowest BCUT2D eigenvalue weighted by Crippen LogP contribution is -1.97. The highest BCUT2D eigenvalue weighted by atomic mass is 16.5. The molecular formula is C24H16O3. The van der Waals surface area contributed by atoms with Gasteiger partial charge in [0, 0.05) is 11.1 Å². The molecule has 0 saturated carbocycles. The standard InChI is InChI=1S/C24H16O3/c25-16-18-8-6-17(7-9-18)14-22-15-23(27-24(22)26)21-12-10-20(11-13-21)19-4-2-1-3-5-19/h1-16H/b22-14+. The number of carbonyl (C=O) groups excluding carboxylic acids is 2. The van der Waals surface area contributed by atoms with Gasteiger partial charge >= 0.3 is 5.97 Å². The van der Waals surface area contributed by atoms with Crippen molar-refractivity contribution in [2.24, 2.45) is 0 Å². The van der Waals surface area contributed by atoms with Gasteiger partial charge in [0.25, 0.3) is 0 Å². The van der Waals surface area contributed by atoms with Crippen LogP contribution >= 0.6 is 0 Å². The molecular weight excluding hydrogens is 336 g/mol. The van der Waals surface area contributed by atoms with Crippen molar-refractivity contribution in [3.63, 3.8) is 0 Å². The number of aldehydes is 1. The largest absolute Gasteiger partial charge is 0.422 e. The molecule has 3 heteroatoms. The van der Waals surface area contributed by atoms with Crippen LogP contribution in [0.25, 0.3) is 23.0 Å². The first-order valence-electron chi connectivity index (χ1n) is 8.59. The fourth-order valence-electron chi connectivity index (χ4n) is 2.94. The van der Waals surface area contributed by atoms with E-state index in [0.29, 0.717) is 16.9 Å². The number of ether oxygens (including phenoxy) is 1. The molecule has 1 aliphatic rings. The van der Waals surface area contributed by atoms with Crippen molar-refractivity contribution in [2.45, 2.75) is 0 Å². The number of hydrogen-bond donors (Lipinski definition) is 0. The SMILES string of the molecule is O=Cc1ccc(/C=C2\C=C(c3ccc(-c4ccccc4)cc3)OC2=O)cc1. The van der Waals surface area contributed by atoms with Crippen LogP contribution in [0.1, 0.15) is 21.5 Å². The maximum atomic E-state index is 12.2. The van der Waals surface area contributed by atoms with Gasteiger partial charge in [-0.2, -0.15) is 0 Å². The van der Waals surface area contributed by atoms with Crippen LogP contribution in [0.4, 0.5) is 0 Å². The lowest BCUT2D eigenvalue weighted by molar-refractivity contribution is -0.130. The van der Waals surface area contributed by atoms with Crippen molar-refractivity contribution in [2.75, 3.05) is 0 Å². The molecule has 0 aromatic heterocycles. The van der Waals surface area contributed by atoms with Crippen LogP contribution in [0.15, 0.2) is 90.5 Å². The fraction of sp³-hybridized carbons (Fsp3) is 0. The highest BCUT2D eigenvalue weighted by Crippen LogP contribution is 2.29. The van der Waals surface area contributed by atoms with Crippen molar-refractivity contribution in [1.29, 1.82) is 0 Å². The molecule has 27 heavy (non-hydrogen) atoms. The third-order valence-electron chi connectivity index (χ3n) is 4.40. The Morgan fingerprint density at radius 2 is 1.26 bits per heavy atom. The van der Waals surface area contributed by atoms with Crippen LogP contribution in [0.5, 0.6) is 0 Å². The third-order valence-corrected chi connectivity index (χ3v) is 4.40. The minimum Gasteiger partial charge on any atom is -0.422 e. The highest BCUT2D eigenvalue weighted by molar-refractivity contribution is 6.05. The van der Waals surface area contributed by atoms with Crippen molar-refractivity contribution >= 4 is 24.1 Å². The summed E-state index contributed by atoms with van der Waals surface area (Å²) in [4.78, 5) is 22.9. The molecule has 0 bridgehead atoms. The maximum absolute atomic E-state index is 12.2. The number of esters is 1. The molecule has 0 spiro atoms. The summed E-state index contributed by atoms with van der Waals surface area (Å²) in [5.41, 5.74) is 5.01. The smallest absolute Gasteiger partial charge is 0.343 e. The van der Waals surface area contributed by atoms with Gasteiger partial charge in [0.15, 0.2) is 0 Å². The first-order valence-corrected chi connectivity index (χ1v) is 8.59. The lowest BCUT2D eigenvalue weighted by atomic mass is 10.0. The van der Waals surface area contributed by atoms with Gasteiger partial charge in [-0.1, -0.05) is 78.9 Å². The van der Waals surface area contributed by atoms with Crippen LogP contribution in [-0.2, 0) is 9.53 Å². The van der Waals surface area contributed by atoms with Gasteiger partial charge in [-0.05, 0) is 28.8 Å². The summed E-state index contributed by atoms with van der Waals surface area (Å²) in [6.07, 6.45) is 4.29. The minimum absolute atomic E-state index is 0.378. The van der Waals surface area contributed by atoms with Crippen LogP contribution in [-0.4, -0.2) is 12.3 Å². The second-order valence-electron chi connectivity index (χ2n) is 6.23. The highest BCUT2D eigenvalue weighted by Gasteiger charge is 2.21. The monoisotopic (exact) mass is 352 g/mol. The zero-order chi connectivity index (χ0) is 18.6. The second kappa shape index (κ2) is 7.26. The molecule has 3 aromatic carbocycles. The quantitative estimate of drug-likeness (QED) is 0.371. The van der Waals surface area contributed by atoms with E-state index < -0.39 is 0 Å². The van der Waals surface area contributed by atoms with Crippen LogP contribution < -0.4 is 0 Å². The molecule has 3 aromatic rings. The normalized spacial score (nSPS) is 14.7. The Morgan fingerprint density at radius 1 is 0.667 bits per heavy atom. The Kier molecular flexibility index (Phi) is 4.50. The van der Waals surface area contributed by atoms with Gasteiger partial charge in [-0.25, -0.2) is 4.79 Å². The Labute approximate surface area is 157 Å². The second-order valence-corrected chi connectivity index (χ2v) is 6.23. The van der Waals surface area contributed by atoms with E-state index in [4.69, 9.17) is 4.74 Å². The van der Waals surface area contributed by atoms with Gasteiger partial charge in [-0.3, -0.25) is 4.79 Å². The molecule has 0 fully saturated rings. The van der Waals surface area contributed by atoms with E-state index in [0.717, 1.165) is 28.5 Å². The van der Waals surface area contributed by atoms with E-state index in [9.17, 15) is 9.59 Å². The zero-order valence-corrected chi connectivity index (χ0v) is 14.5. The van der Waals surface area contributed by atoms with E-state index in [1.807, 2.05) is 42.5 Å². The number of carbonyl (C=O) groups is 2. The van der Waals surface area contributed by atoms with E-state index >= 15 is 0 Å². The van der Waals surface area contributed by atoms with Crippen molar-refractivity contribution in [1.82, 2.24) is 0 Å². The first kappa shape index (κ1) is 16.7. The van der Waals surface area contributed by atoms with E-state index in [1.54, 1.807) is 36.4 Å². The summed E-state index contributed by atoms with van der Waals surface area (Å²) in [7, 11) is 0. The van der Waals surface area contributed by atoms with Crippen molar-refractivity contribution in [3.8, 4) is 11.1 Å². The molecule has 0 saturated heterocycles. The Hall–Kier alpha value is -3.72. The summed E-state index contributed by atoms with van der Waals surface area (Å²) >= 11 is 0. The Balaban J connectivity index is 1.59. The molecule has 0 unspecified atom stereocenters. The summed E-state index contributed by atoms with van der Waals surface area (Å²) < 4.78 is 5.42. The molecule has 0 radical (unpaired) electrons. The molecule has 3 nitrogen and oxygen atoms in total. The third kappa shape index (κ3) is 3.62. The summed E-state index contributed by atoms with van der Waals surface area (Å²) in [5.74, 6) is 0.159. The molecule has 4 rings (SSSR count). The molecule has 1 heterocycles. The van der Waals surface area contributed by atoms with E-state index in [1.165, 1.54) is 0 Å². The number of rotatable bonds is 4. The van der Waals surface area contributed by atoms with Crippen LogP contribution in [0, 0.1) is 0 Å². The Bertz CT molecular complexity index is 1040. The van der Waals surface area contributed by atoms with E-state index in [2.05, 4.69) is 12.1 Å².